The number of nitrogens with zero attached hydrogens (tertiary/aromatic N) is 3. The third-order valence-corrected chi connectivity index (χ3v) is 4.25. The molecule has 1 fully saturated rings. The Balaban J connectivity index is 1.61. The minimum Gasteiger partial charge on any atom is -0.369 e. The first-order chi connectivity index (χ1) is 12.0. The fourth-order valence-corrected chi connectivity index (χ4v) is 3.08. The van der Waals surface area contributed by atoms with E-state index < -0.39 is 0 Å². The molecule has 1 N–H and O–H groups in total. The zero-order valence-corrected chi connectivity index (χ0v) is 14.1. The van der Waals surface area contributed by atoms with Gasteiger partial charge in [-0.1, -0.05) is 6.07 Å². The van der Waals surface area contributed by atoms with E-state index in [2.05, 4.69) is 15.3 Å². The molecule has 7 heteroatoms. The third-order valence-electron chi connectivity index (χ3n) is 4.25. The van der Waals surface area contributed by atoms with Crippen LogP contribution in [0.2, 0.25) is 0 Å². The minimum atomic E-state index is -0.300. The molecular formula is C18H21FN4O2. The molecule has 1 saturated heterocycles. The molecular weight excluding hydrogens is 323 g/mol. The zero-order chi connectivity index (χ0) is 17.8. The Morgan fingerprint density at radius 2 is 2.20 bits per heavy atom. The Bertz CT molecular complexity index is 821. The van der Waals surface area contributed by atoms with Crippen LogP contribution in [0.1, 0.15) is 18.5 Å². The van der Waals surface area contributed by atoms with Gasteiger partial charge in [0.25, 0.3) is 5.56 Å². The van der Waals surface area contributed by atoms with Crippen molar-refractivity contribution < 1.29 is 9.18 Å². The molecule has 1 aliphatic rings. The van der Waals surface area contributed by atoms with E-state index in [0.29, 0.717) is 12.2 Å². The van der Waals surface area contributed by atoms with Crippen LogP contribution in [-0.2, 0) is 11.3 Å². The van der Waals surface area contributed by atoms with Gasteiger partial charge in [0.05, 0.1) is 5.69 Å². The first kappa shape index (κ1) is 17.1. The summed E-state index contributed by atoms with van der Waals surface area (Å²) in [5, 5.41) is 7.02. The number of hydrogen-bond donors (Lipinski definition) is 1. The van der Waals surface area contributed by atoms with Crippen molar-refractivity contribution in [2.24, 2.45) is 0 Å². The Morgan fingerprint density at radius 1 is 1.36 bits per heavy atom. The molecule has 0 aliphatic carbocycles. The average Bonchev–Trinajstić information content (AvgIpc) is 2.58. The summed E-state index contributed by atoms with van der Waals surface area (Å²) in [6.45, 7) is 3.11. The lowest BCUT2D eigenvalue weighted by Crippen LogP contribution is -2.49. The van der Waals surface area contributed by atoms with Crippen LogP contribution in [0.4, 0.5) is 10.1 Å². The molecule has 0 radical (unpaired) electrons. The van der Waals surface area contributed by atoms with Crippen LogP contribution in [0.15, 0.2) is 41.2 Å². The van der Waals surface area contributed by atoms with Gasteiger partial charge >= 0.3 is 0 Å². The van der Waals surface area contributed by atoms with Gasteiger partial charge < -0.3 is 10.2 Å². The van der Waals surface area contributed by atoms with Crippen LogP contribution in [0.25, 0.3) is 0 Å². The van der Waals surface area contributed by atoms with Gasteiger partial charge in [0.2, 0.25) is 5.91 Å². The predicted molar refractivity (Wildman–Crippen MR) is 93.0 cm³/mol. The van der Waals surface area contributed by atoms with Gasteiger partial charge in [0.1, 0.15) is 12.4 Å². The van der Waals surface area contributed by atoms with E-state index in [1.807, 2.05) is 6.07 Å². The molecule has 0 spiro atoms. The van der Waals surface area contributed by atoms with E-state index in [9.17, 15) is 14.0 Å². The van der Waals surface area contributed by atoms with Gasteiger partial charge in [-0.05, 0) is 44.0 Å². The molecule has 25 heavy (non-hydrogen) atoms. The van der Waals surface area contributed by atoms with Gasteiger partial charge in [-0.3, -0.25) is 9.59 Å². The number of halogens is 1. The highest BCUT2D eigenvalue weighted by atomic mass is 19.1. The van der Waals surface area contributed by atoms with Crippen molar-refractivity contribution in [2.75, 3.05) is 18.0 Å². The van der Waals surface area contributed by atoms with Gasteiger partial charge in [0, 0.05) is 30.9 Å². The summed E-state index contributed by atoms with van der Waals surface area (Å²) >= 11 is 0. The summed E-state index contributed by atoms with van der Waals surface area (Å²) in [5.41, 5.74) is 1.20. The molecule has 0 bridgehead atoms. The average molecular weight is 344 g/mol. The summed E-state index contributed by atoms with van der Waals surface area (Å²) in [5.74, 6) is -0.514. The van der Waals surface area contributed by atoms with Crippen LogP contribution < -0.4 is 15.8 Å². The highest BCUT2D eigenvalue weighted by molar-refractivity contribution is 5.76. The van der Waals surface area contributed by atoms with Crippen molar-refractivity contribution in [3.05, 3.63) is 58.3 Å². The Kier molecular flexibility index (Phi) is 5.11. The molecule has 6 nitrogen and oxygen atoms in total. The number of carbonyl (C=O) groups is 1. The summed E-state index contributed by atoms with van der Waals surface area (Å²) in [6.07, 6.45) is 1.76. The van der Waals surface area contributed by atoms with E-state index in [1.54, 1.807) is 19.1 Å². The Morgan fingerprint density at radius 3 is 3.00 bits per heavy atom. The van der Waals surface area contributed by atoms with E-state index in [4.69, 9.17) is 0 Å². The second kappa shape index (κ2) is 7.46. The number of amides is 1. The third kappa shape index (κ3) is 4.43. The molecule has 1 unspecified atom stereocenters. The van der Waals surface area contributed by atoms with Gasteiger partial charge in [-0.2, -0.15) is 5.10 Å². The summed E-state index contributed by atoms with van der Waals surface area (Å²) in [4.78, 5) is 26.1. The van der Waals surface area contributed by atoms with Crippen LogP contribution >= 0.6 is 0 Å². The predicted octanol–water partition coefficient (Wildman–Crippen LogP) is 1.48. The first-order valence-corrected chi connectivity index (χ1v) is 8.36. The smallest absolute Gasteiger partial charge is 0.267 e. The van der Waals surface area contributed by atoms with Crippen molar-refractivity contribution >= 4 is 11.6 Å². The molecule has 1 atom stereocenters. The number of nitrogens with one attached hydrogen (secondary N) is 1. The minimum absolute atomic E-state index is 0.0370. The molecule has 1 aromatic carbocycles. The molecule has 0 saturated carbocycles. The zero-order valence-electron chi connectivity index (χ0n) is 14.1. The highest BCUT2D eigenvalue weighted by Gasteiger charge is 2.22. The van der Waals surface area contributed by atoms with Gasteiger partial charge in [0.15, 0.2) is 0 Å². The number of hydrogen-bond acceptors (Lipinski definition) is 4. The number of anilines is 1. The lowest BCUT2D eigenvalue weighted by Gasteiger charge is -2.34. The molecule has 1 amide bonds. The van der Waals surface area contributed by atoms with Crippen LogP contribution in [0, 0.1) is 12.7 Å². The number of carbonyl (C=O) groups excluding carboxylic acids is 1. The Labute approximate surface area is 145 Å². The number of benzene rings is 1. The first-order valence-electron chi connectivity index (χ1n) is 8.36. The topological polar surface area (TPSA) is 67.2 Å². The maximum absolute atomic E-state index is 13.4. The quantitative estimate of drug-likeness (QED) is 0.912. The lowest BCUT2D eigenvalue weighted by molar-refractivity contribution is -0.122. The van der Waals surface area contributed by atoms with Crippen molar-refractivity contribution in [3.63, 3.8) is 0 Å². The van der Waals surface area contributed by atoms with Gasteiger partial charge in [-0.15, -0.1) is 0 Å². The fourth-order valence-electron chi connectivity index (χ4n) is 3.08. The lowest BCUT2D eigenvalue weighted by atomic mass is 10.0. The number of aryl methyl sites for hydroxylation is 1. The van der Waals surface area contributed by atoms with Crippen molar-refractivity contribution in [3.8, 4) is 0 Å². The SMILES string of the molecule is Cc1ccc(=O)n(CC(=O)NC2CCCN(c3cccc(F)c3)C2)n1. The van der Waals surface area contributed by atoms with E-state index in [-0.39, 0.29) is 29.9 Å². The largest absolute Gasteiger partial charge is 0.369 e. The molecule has 3 rings (SSSR count). The van der Waals surface area contributed by atoms with Gasteiger partial charge in [-0.25, -0.2) is 9.07 Å². The second-order valence-corrected chi connectivity index (χ2v) is 6.30. The second-order valence-electron chi connectivity index (χ2n) is 6.30. The normalized spacial score (nSPS) is 17.4. The fraction of sp³-hybridized carbons (Fsp3) is 0.389. The molecule has 2 aromatic rings. The monoisotopic (exact) mass is 344 g/mol. The van der Waals surface area contributed by atoms with E-state index in [0.717, 1.165) is 29.8 Å². The van der Waals surface area contributed by atoms with Crippen molar-refractivity contribution in [1.82, 2.24) is 15.1 Å². The van der Waals surface area contributed by atoms with Crippen molar-refractivity contribution in [1.29, 1.82) is 0 Å². The molecule has 2 heterocycles. The molecule has 1 aromatic heterocycles. The van der Waals surface area contributed by atoms with E-state index in [1.165, 1.54) is 18.2 Å². The molecule has 1 aliphatic heterocycles. The highest BCUT2D eigenvalue weighted by Crippen LogP contribution is 2.20. The van der Waals surface area contributed by atoms with E-state index >= 15 is 0 Å². The molecule has 132 valence electrons. The van der Waals surface area contributed by atoms with Crippen LogP contribution in [0.5, 0.6) is 0 Å². The number of piperidine rings is 1. The number of rotatable bonds is 4. The van der Waals surface area contributed by atoms with Crippen LogP contribution in [-0.4, -0.2) is 34.8 Å². The van der Waals surface area contributed by atoms with Crippen LogP contribution in [0.3, 0.4) is 0 Å². The standard InChI is InChI=1S/C18H21FN4O2/c1-13-7-8-18(25)23(21-13)12-17(24)20-15-5-3-9-22(11-15)16-6-2-4-14(19)10-16/h2,4,6-8,10,15H,3,5,9,11-12H2,1H3,(H,20,24). The maximum Gasteiger partial charge on any atom is 0.267 e. The maximum atomic E-state index is 13.4. The Hall–Kier alpha value is -2.70. The number of aromatic nitrogens is 2. The summed E-state index contributed by atoms with van der Waals surface area (Å²) in [7, 11) is 0. The summed E-state index contributed by atoms with van der Waals surface area (Å²) < 4.78 is 14.6. The summed E-state index contributed by atoms with van der Waals surface area (Å²) in [6, 6.07) is 9.45. The van der Waals surface area contributed by atoms with Crippen molar-refractivity contribution in [2.45, 2.75) is 32.4 Å².